The zero-order chi connectivity index (χ0) is 11.6. The van der Waals surface area contributed by atoms with Gasteiger partial charge >= 0.3 is 0 Å². The Kier molecular flexibility index (Phi) is 4.54. The van der Waals surface area contributed by atoms with Gasteiger partial charge in [-0.25, -0.2) is 0 Å². The molecule has 0 saturated heterocycles. The summed E-state index contributed by atoms with van der Waals surface area (Å²) in [6.45, 7) is 11.8. The fraction of sp³-hybridized carbons (Fsp3) is 1.00. The van der Waals surface area contributed by atoms with E-state index in [4.69, 9.17) is 0 Å². The second kappa shape index (κ2) is 5.09. The third-order valence-electron chi connectivity index (χ3n) is 3.93. The lowest BCUT2D eigenvalue weighted by molar-refractivity contribution is 0.299. The zero-order valence-corrected chi connectivity index (χ0v) is 11.9. The summed E-state index contributed by atoms with van der Waals surface area (Å²) in [6.07, 6.45) is 2.74. The Morgan fingerprint density at radius 2 is 1.87 bits per heavy atom. The molecule has 0 bridgehead atoms. The van der Waals surface area contributed by atoms with Crippen LogP contribution in [0.3, 0.4) is 0 Å². The first kappa shape index (κ1) is 13.4. The van der Waals surface area contributed by atoms with Gasteiger partial charge in [-0.05, 0) is 31.2 Å². The molecule has 0 aromatic heterocycles. The lowest BCUT2D eigenvalue weighted by Crippen LogP contribution is -2.41. The van der Waals surface area contributed by atoms with E-state index in [0.29, 0.717) is 11.5 Å². The smallest absolute Gasteiger partial charge is 0.0234 e. The molecule has 0 heterocycles. The van der Waals surface area contributed by atoms with E-state index in [2.05, 4.69) is 58.7 Å². The summed E-state index contributed by atoms with van der Waals surface area (Å²) in [5.74, 6) is 0.788. The lowest BCUT2D eigenvalue weighted by atomic mass is 9.87. The molecule has 1 aliphatic rings. The van der Waals surface area contributed by atoms with Crippen molar-refractivity contribution < 1.29 is 0 Å². The molecule has 3 atom stereocenters. The Morgan fingerprint density at radius 1 is 1.27 bits per heavy atom. The fourth-order valence-corrected chi connectivity index (χ4v) is 4.28. The van der Waals surface area contributed by atoms with E-state index in [9.17, 15) is 0 Å². The van der Waals surface area contributed by atoms with E-state index >= 15 is 0 Å². The van der Waals surface area contributed by atoms with Gasteiger partial charge in [0.1, 0.15) is 0 Å². The first-order valence-electron chi connectivity index (χ1n) is 6.21. The molecule has 0 radical (unpaired) electrons. The van der Waals surface area contributed by atoms with E-state index in [1.807, 2.05) is 0 Å². The third kappa shape index (κ3) is 3.13. The van der Waals surface area contributed by atoms with Crippen molar-refractivity contribution in [3.05, 3.63) is 0 Å². The quantitative estimate of drug-likeness (QED) is 0.791. The molecular weight excluding hydrogens is 202 g/mol. The van der Waals surface area contributed by atoms with Crippen LogP contribution in [-0.4, -0.2) is 23.6 Å². The molecule has 1 nitrogen and oxygen atoms in total. The molecular formula is C13H27NS. The fourth-order valence-electron chi connectivity index (χ4n) is 2.50. The van der Waals surface area contributed by atoms with E-state index in [0.717, 1.165) is 16.4 Å². The Balaban J connectivity index is 2.57. The monoisotopic (exact) mass is 229 g/mol. The highest BCUT2D eigenvalue weighted by Crippen LogP contribution is 2.44. The van der Waals surface area contributed by atoms with Crippen molar-refractivity contribution in [3.8, 4) is 0 Å². The van der Waals surface area contributed by atoms with Crippen LogP contribution in [0.2, 0.25) is 0 Å². The van der Waals surface area contributed by atoms with Crippen molar-refractivity contribution in [2.75, 3.05) is 7.05 Å². The van der Waals surface area contributed by atoms with Crippen molar-refractivity contribution in [1.82, 2.24) is 5.32 Å². The first-order chi connectivity index (χ1) is 6.88. The molecule has 3 unspecified atom stereocenters. The minimum absolute atomic E-state index is 0.475. The topological polar surface area (TPSA) is 12.0 Å². The van der Waals surface area contributed by atoms with Crippen molar-refractivity contribution in [2.24, 2.45) is 11.3 Å². The van der Waals surface area contributed by atoms with Gasteiger partial charge < -0.3 is 5.32 Å². The number of nitrogens with one attached hydrogen (secondary N) is 1. The SMILES string of the molecule is CNC1C(SC(C)C(C)C)CCC1(C)C. The summed E-state index contributed by atoms with van der Waals surface area (Å²) < 4.78 is 0. The van der Waals surface area contributed by atoms with E-state index in [-0.39, 0.29) is 0 Å². The molecule has 15 heavy (non-hydrogen) atoms. The van der Waals surface area contributed by atoms with E-state index in [1.54, 1.807) is 0 Å². The summed E-state index contributed by atoms with van der Waals surface area (Å²) in [7, 11) is 2.12. The number of thioether (sulfide) groups is 1. The second-order valence-electron chi connectivity index (χ2n) is 5.92. The van der Waals surface area contributed by atoms with Crippen LogP contribution in [0.25, 0.3) is 0 Å². The molecule has 1 aliphatic carbocycles. The third-order valence-corrected chi connectivity index (χ3v) is 5.76. The second-order valence-corrected chi connectivity index (χ2v) is 7.54. The predicted octanol–water partition coefficient (Wildman–Crippen LogP) is 3.54. The molecule has 0 amide bonds. The van der Waals surface area contributed by atoms with Gasteiger partial charge in [-0.1, -0.05) is 34.6 Å². The van der Waals surface area contributed by atoms with Crippen LogP contribution in [0.4, 0.5) is 0 Å². The normalized spacial score (nSPS) is 32.2. The van der Waals surface area contributed by atoms with Crippen molar-refractivity contribution in [1.29, 1.82) is 0 Å². The molecule has 2 heteroatoms. The van der Waals surface area contributed by atoms with Gasteiger partial charge in [0, 0.05) is 16.5 Å². The van der Waals surface area contributed by atoms with Crippen LogP contribution in [0.5, 0.6) is 0 Å². The van der Waals surface area contributed by atoms with Crippen LogP contribution in [0, 0.1) is 11.3 Å². The summed E-state index contributed by atoms with van der Waals surface area (Å²) in [5.41, 5.74) is 0.475. The molecule has 90 valence electrons. The Labute approximate surface area is 99.8 Å². The molecule has 0 aliphatic heterocycles. The number of hydrogen-bond donors (Lipinski definition) is 1. The highest BCUT2D eigenvalue weighted by molar-refractivity contribution is 8.00. The highest BCUT2D eigenvalue weighted by atomic mass is 32.2. The highest BCUT2D eigenvalue weighted by Gasteiger charge is 2.41. The summed E-state index contributed by atoms with van der Waals surface area (Å²) in [5, 5.41) is 5.11. The Bertz CT molecular complexity index is 201. The minimum Gasteiger partial charge on any atom is -0.315 e. The molecule has 1 N–H and O–H groups in total. The maximum atomic E-state index is 3.53. The van der Waals surface area contributed by atoms with Crippen molar-refractivity contribution >= 4 is 11.8 Å². The van der Waals surface area contributed by atoms with Gasteiger partial charge in [0.15, 0.2) is 0 Å². The summed E-state index contributed by atoms with van der Waals surface area (Å²) in [6, 6.07) is 0.684. The van der Waals surface area contributed by atoms with Gasteiger partial charge in [-0.15, -0.1) is 0 Å². The standard InChI is InChI=1S/C13H27NS/c1-9(2)10(3)15-11-7-8-13(4,5)12(11)14-6/h9-12,14H,7-8H2,1-6H3. The molecule has 1 rings (SSSR count). The molecule has 0 aromatic rings. The molecule has 1 saturated carbocycles. The van der Waals surface area contributed by atoms with Crippen LogP contribution >= 0.6 is 11.8 Å². The van der Waals surface area contributed by atoms with Crippen LogP contribution < -0.4 is 5.32 Å². The molecule has 0 aromatic carbocycles. The van der Waals surface area contributed by atoms with Gasteiger partial charge in [0.05, 0.1) is 0 Å². The summed E-state index contributed by atoms with van der Waals surface area (Å²) >= 11 is 2.19. The Morgan fingerprint density at radius 3 is 2.33 bits per heavy atom. The van der Waals surface area contributed by atoms with Gasteiger partial charge in [-0.3, -0.25) is 0 Å². The Hall–Kier alpha value is 0.310. The van der Waals surface area contributed by atoms with Crippen molar-refractivity contribution in [3.63, 3.8) is 0 Å². The average molecular weight is 229 g/mol. The van der Waals surface area contributed by atoms with Crippen LogP contribution in [0.15, 0.2) is 0 Å². The zero-order valence-electron chi connectivity index (χ0n) is 11.1. The predicted molar refractivity (Wildman–Crippen MR) is 71.5 cm³/mol. The first-order valence-corrected chi connectivity index (χ1v) is 7.15. The number of hydrogen-bond acceptors (Lipinski definition) is 2. The van der Waals surface area contributed by atoms with E-state index < -0.39 is 0 Å². The maximum absolute atomic E-state index is 3.53. The molecule has 0 spiro atoms. The maximum Gasteiger partial charge on any atom is 0.0234 e. The van der Waals surface area contributed by atoms with Crippen LogP contribution in [0.1, 0.15) is 47.5 Å². The van der Waals surface area contributed by atoms with Crippen molar-refractivity contribution in [2.45, 2.75) is 64.0 Å². The molecule has 1 fully saturated rings. The summed E-state index contributed by atoms with van der Waals surface area (Å²) in [4.78, 5) is 0. The van der Waals surface area contributed by atoms with E-state index in [1.165, 1.54) is 12.8 Å². The number of rotatable bonds is 4. The van der Waals surface area contributed by atoms with Gasteiger partial charge in [0.2, 0.25) is 0 Å². The van der Waals surface area contributed by atoms with Gasteiger partial charge in [-0.2, -0.15) is 11.8 Å². The average Bonchev–Trinajstić information content (AvgIpc) is 2.41. The largest absolute Gasteiger partial charge is 0.315 e. The minimum atomic E-state index is 0.475. The van der Waals surface area contributed by atoms with Gasteiger partial charge in [0.25, 0.3) is 0 Å². The van der Waals surface area contributed by atoms with Crippen LogP contribution in [-0.2, 0) is 0 Å². The lowest BCUT2D eigenvalue weighted by Gasteiger charge is -2.31.